The Morgan fingerprint density at radius 3 is 3.07 bits per heavy atom. The van der Waals surface area contributed by atoms with Crippen LogP contribution < -0.4 is 11.0 Å². The Bertz CT molecular complexity index is 529. The first kappa shape index (κ1) is 10.4. The summed E-state index contributed by atoms with van der Waals surface area (Å²) in [6, 6.07) is 5.76. The molecule has 2 aromatic rings. The third-order valence-corrected chi connectivity index (χ3v) is 2.82. The van der Waals surface area contributed by atoms with Gasteiger partial charge in [0.1, 0.15) is 0 Å². The van der Waals surface area contributed by atoms with Crippen molar-refractivity contribution in [2.75, 3.05) is 13.6 Å². The zero-order valence-corrected chi connectivity index (χ0v) is 9.97. The van der Waals surface area contributed by atoms with Crippen molar-refractivity contribution in [2.45, 2.75) is 6.54 Å². The summed E-state index contributed by atoms with van der Waals surface area (Å²) < 4.78 is 2.71. The van der Waals surface area contributed by atoms with Crippen molar-refractivity contribution in [3.63, 3.8) is 0 Å². The van der Waals surface area contributed by atoms with Gasteiger partial charge in [0.15, 0.2) is 0 Å². The maximum absolute atomic E-state index is 11.6. The number of likely N-dealkylation sites (N-methyl/N-ethyl adjacent to an activating group) is 1. The molecular weight excluding hydrogens is 258 g/mol. The molecule has 0 aliphatic carbocycles. The minimum absolute atomic E-state index is 0.0571. The van der Waals surface area contributed by atoms with E-state index in [0.29, 0.717) is 6.54 Å². The lowest BCUT2D eigenvalue weighted by molar-refractivity contribution is 0.642. The Morgan fingerprint density at radius 1 is 1.53 bits per heavy atom. The molecule has 15 heavy (non-hydrogen) atoms. The molecule has 0 radical (unpaired) electrons. The monoisotopic (exact) mass is 269 g/mol. The van der Waals surface area contributed by atoms with E-state index in [-0.39, 0.29) is 5.69 Å². The molecule has 0 saturated heterocycles. The highest BCUT2D eigenvalue weighted by atomic mass is 79.9. The van der Waals surface area contributed by atoms with Crippen LogP contribution in [-0.4, -0.2) is 23.1 Å². The number of imidazole rings is 1. The van der Waals surface area contributed by atoms with Crippen LogP contribution in [0.4, 0.5) is 0 Å². The Kier molecular flexibility index (Phi) is 2.93. The number of rotatable bonds is 3. The van der Waals surface area contributed by atoms with E-state index in [4.69, 9.17) is 0 Å². The minimum Gasteiger partial charge on any atom is -0.318 e. The van der Waals surface area contributed by atoms with Gasteiger partial charge in [-0.2, -0.15) is 0 Å². The highest BCUT2D eigenvalue weighted by Crippen LogP contribution is 2.16. The summed E-state index contributed by atoms with van der Waals surface area (Å²) in [6.45, 7) is 1.45. The molecule has 0 unspecified atom stereocenters. The molecule has 1 heterocycles. The predicted octanol–water partition coefficient (Wildman–Crippen LogP) is 1.31. The molecular formula is C10H12BrN3O. The van der Waals surface area contributed by atoms with E-state index in [1.807, 2.05) is 25.2 Å². The van der Waals surface area contributed by atoms with E-state index in [0.717, 1.165) is 22.1 Å². The Morgan fingerprint density at radius 2 is 2.33 bits per heavy atom. The Balaban J connectivity index is 2.55. The maximum Gasteiger partial charge on any atom is 0.326 e. The van der Waals surface area contributed by atoms with Crippen LogP contribution in [0.25, 0.3) is 11.0 Å². The molecule has 1 aromatic carbocycles. The van der Waals surface area contributed by atoms with Gasteiger partial charge < -0.3 is 10.3 Å². The summed E-state index contributed by atoms with van der Waals surface area (Å²) in [5.74, 6) is 0. The summed E-state index contributed by atoms with van der Waals surface area (Å²) >= 11 is 3.40. The smallest absolute Gasteiger partial charge is 0.318 e. The van der Waals surface area contributed by atoms with Crippen molar-refractivity contribution < 1.29 is 0 Å². The van der Waals surface area contributed by atoms with Crippen molar-refractivity contribution in [2.24, 2.45) is 0 Å². The molecule has 0 fully saturated rings. The Hall–Kier alpha value is -1.07. The molecule has 80 valence electrons. The molecule has 0 bridgehead atoms. The average molecular weight is 270 g/mol. The molecule has 2 N–H and O–H groups in total. The highest BCUT2D eigenvalue weighted by molar-refractivity contribution is 9.10. The summed E-state index contributed by atoms with van der Waals surface area (Å²) in [5, 5.41) is 3.03. The maximum atomic E-state index is 11.6. The molecule has 0 atom stereocenters. The van der Waals surface area contributed by atoms with Crippen LogP contribution in [0, 0.1) is 0 Å². The number of nitrogens with one attached hydrogen (secondary N) is 2. The number of halogens is 1. The third-order valence-electron chi connectivity index (χ3n) is 2.32. The second-order valence-electron chi connectivity index (χ2n) is 3.35. The van der Waals surface area contributed by atoms with Crippen LogP contribution in [0.1, 0.15) is 0 Å². The van der Waals surface area contributed by atoms with Crippen LogP contribution in [0.5, 0.6) is 0 Å². The number of nitrogens with zero attached hydrogens (tertiary/aromatic N) is 1. The van der Waals surface area contributed by atoms with Gasteiger partial charge in [-0.1, -0.05) is 15.9 Å². The van der Waals surface area contributed by atoms with Crippen LogP contribution >= 0.6 is 15.9 Å². The summed E-state index contributed by atoms with van der Waals surface area (Å²) in [4.78, 5) is 14.4. The fourth-order valence-electron chi connectivity index (χ4n) is 1.57. The normalized spacial score (nSPS) is 11.1. The zero-order chi connectivity index (χ0) is 10.8. The van der Waals surface area contributed by atoms with E-state index >= 15 is 0 Å². The summed E-state index contributed by atoms with van der Waals surface area (Å²) in [7, 11) is 1.87. The third kappa shape index (κ3) is 1.98. The zero-order valence-electron chi connectivity index (χ0n) is 8.38. The van der Waals surface area contributed by atoms with E-state index in [1.165, 1.54) is 0 Å². The van der Waals surface area contributed by atoms with Crippen molar-refractivity contribution in [3.8, 4) is 0 Å². The van der Waals surface area contributed by atoms with Gasteiger partial charge >= 0.3 is 5.69 Å². The lowest BCUT2D eigenvalue weighted by atomic mass is 10.3. The first-order chi connectivity index (χ1) is 7.22. The van der Waals surface area contributed by atoms with Crippen LogP contribution in [0.3, 0.4) is 0 Å². The lowest BCUT2D eigenvalue weighted by Crippen LogP contribution is -2.23. The number of H-pyrrole nitrogens is 1. The van der Waals surface area contributed by atoms with Gasteiger partial charge in [0.2, 0.25) is 0 Å². The van der Waals surface area contributed by atoms with Gasteiger partial charge in [-0.05, 0) is 25.2 Å². The first-order valence-corrected chi connectivity index (χ1v) is 5.54. The molecule has 0 aliphatic rings. The van der Waals surface area contributed by atoms with Gasteiger partial charge in [-0.3, -0.25) is 4.57 Å². The van der Waals surface area contributed by atoms with Gasteiger partial charge in [-0.15, -0.1) is 0 Å². The topological polar surface area (TPSA) is 49.8 Å². The second kappa shape index (κ2) is 4.20. The summed E-state index contributed by atoms with van der Waals surface area (Å²) in [6.07, 6.45) is 0. The van der Waals surface area contributed by atoms with Crippen molar-refractivity contribution in [3.05, 3.63) is 33.2 Å². The minimum atomic E-state index is -0.0571. The lowest BCUT2D eigenvalue weighted by Gasteiger charge is -2.02. The quantitative estimate of drug-likeness (QED) is 0.883. The molecule has 1 aromatic heterocycles. The molecule has 4 nitrogen and oxygen atoms in total. The molecule has 0 spiro atoms. The number of hydrogen-bond acceptors (Lipinski definition) is 2. The fourth-order valence-corrected chi connectivity index (χ4v) is 1.92. The molecule has 0 amide bonds. The predicted molar refractivity (Wildman–Crippen MR) is 64.2 cm³/mol. The molecule has 0 aliphatic heterocycles. The molecule has 0 saturated carbocycles. The standard InChI is InChI=1S/C10H12BrN3O/c1-12-4-5-14-9-6-7(11)2-3-8(9)13-10(14)15/h2-3,6,12H,4-5H2,1H3,(H,13,15). The fraction of sp³-hybridized carbons (Fsp3) is 0.300. The first-order valence-electron chi connectivity index (χ1n) is 4.75. The Labute approximate surface area is 95.4 Å². The number of hydrogen-bond donors (Lipinski definition) is 2. The molecule has 5 heteroatoms. The summed E-state index contributed by atoms with van der Waals surface area (Å²) in [5.41, 5.74) is 1.75. The van der Waals surface area contributed by atoms with Gasteiger partial charge in [-0.25, -0.2) is 4.79 Å². The van der Waals surface area contributed by atoms with E-state index in [2.05, 4.69) is 26.2 Å². The van der Waals surface area contributed by atoms with E-state index in [9.17, 15) is 4.79 Å². The second-order valence-corrected chi connectivity index (χ2v) is 4.26. The van der Waals surface area contributed by atoms with Crippen LogP contribution in [-0.2, 0) is 6.54 Å². The SMILES string of the molecule is CNCCn1c(=O)[nH]c2ccc(Br)cc21. The van der Waals surface area contributed by atoms with Crippen molar-refractivity contribution in [1.29, 1.82) is 0 Å². The average Bonchev–Trinajstić information content (AvgIpc) is 2.51. The van der Waals surface area contributed by atoms with E-state index < -0.39 is 0 Å². The largest absolute Gasteiger partial charge is 0.326 e. The number of fused-ring (bicyclic) bond motifs is 1. The highest BCUT2D eigenvalue weighted by Gasteiger charge is 2.05. The van der Waals surface area contributed by atoms with Gasteiger partial charge in [0.25, 0.3) is 0 Å². The van der Waals surface area contributed by atoms with Crippen LogP contribution in [0.15, 0.2) is 27.5 Å². The van der Waals surface area contributed by atoms with E-state index in [1.54, 1.807) is 4.57 Å². The van der Waals surface area contributed by atoms with Gasteiger partial charge in [0, 0.05) is 17.6 Å². The van der Waals surface area contributed by atoms with Crippen molar-refractivity contribution >= 4 is 27.0 Å². The van der Waals surface area contributed by atoms with Crippen LogP contribution in [0.2, 0.25) is 0 Å². The number of aromatic nitrogens is 2. The molecule has 2 rings (SSSR count). The van der Waals surface area contributed by atoms with Gasteiger partial charge in [0.05, 0.1) is 11.0 Å². The number of benzene rings is 1. The van der Waals surface area contributed by atoms with Crippen molar-refractivity contribution in [1.82, 2.24) is 14.9 Å². The number of aromatic amines is 1.